The Balaban J connectivity index is 1.59. The summed E-state index contributed by atoms with van der Waals surface area (Å²) < 4.78 is 36.5. The van der Waals surface area contributed by atoms with Crippen LogP contribution in [-0.2, 0) is 17.1 Å². The van der Waals surface area contributed by atoms with Crippen LogP contribution in [0.3, 0.4) is 0 Å². The van der Waals surface area contributed by atoms with Gasteiger partial charge < -0.3 is 4.42 Å². The van der Waals surface area contributed by atoms with Gasteiger partial charge in [-0.05, 0) is 37.1 Å². The second-order valence-corrected chi connectivity index (χ2v) is 8.71. The fraction of sp³-hybridized carbons (Fsp3) is 0.278. The van der Waals surface area contributed by atoms with Crippen molar-refractivity contribution in [3.05, 3.63) is 59.0 Å². The Bertz CT molecular complexity index is 1370. The molecule has 0 unspecified atom stereocenters. The molecule has 0 aliphatic carbocycles. The van der Waals surface area contributed by atoms with Crippen molar-refractivity contribution in [2.75, 3.05) is 6.54 Å². The van der Waals surface area contributed by atoms with Crippen LogP contribution in [0.1, 0.15) is 24.7 Å². The minimum absolute atomic E-state index is 0.0927. The first-order valence-electron chi connectivity index (χ1n) is 8.88. The smallest absolute Gasteiger partial charge is 0.408 e. The van der Waals surface area contributed by atoms with E-state index in [9.17, 15) is 13.2 Å². The first kappa shape index (κ1) is 17.1. The minimum atomic E-state index is -3.80. The number of hydrogen-bond acceptors (Lipinski definition) is 6. The number of oxazole rings is 1. The van der Waals surface area contributed by atoms with Crippen LogP contribution in [0.5, 0.6) is 0 Å². The number of sulfonamides is 1. The van der Waals surface area contributed by atoms with E-state index in [4.69, 9.17) is 4.42 Å². The summed E-state index contributed by atoms with van der Waals surface area (Å²) in [7, 11) is -2.22. The summed E-state index contributed by atoms with van der Waals surface area (Å²) >= 11 is 0. The van der Waals surface area contributed by atoms with Crippen LogP contribution in [-0.4, -0.2) is 38.4 Å². The van der Waals surface area contributed by atoms with Crippen LogP contribution in [0.15, 0.2) is 56.7 Å². The molecule has 0 radical (unpaired) electrons. The van der Waals surface area contributed by atoms with Crippen LogP contribution in [0.2, 0.25) is 0 Å². The molecule has 0 saturated carbocycles. The minimum Gasteiger partial charge on any atom is -0.408 e. The summed E-state index contributed by atoms with van der Waals surface area (Å²) in [6, 6.07) is 9.65. The first-order chi connectivity index (χ1) is 13.5. The average Bonchev–Trinajstić information content (AvgIpc) is 3.39. The van der Waals surface area contributed by atoms with E-state index in [1.807, 2.05) is 28.8 Å². The van der Waals surface area contributed by atoms with Gasteiger partial charge in [-0.25, -0.2) is 13.2 Å². The van der Waals surface area contributed by atoms with Crippen molar-refractivity contribution in [2.45, 2.75) is 23.8 Å². The lowest BCUT2D eigenvalue weighted by molar-refractivity contribution is 0.381. The molecule has 4 heterocycles. The van der Waals surface area contributed by atoms with Crippen molar-refractivity contribution >= 4 is 26.8 Å². The van der Waals surface area contributed by atoms with Gasteiger partial charge in [-0.15, -0.1) is 10.2 Å². The van der Waals surface area contributed by atoms with Crippen LogP contribution >= 0.6 is 0 Å². The maximum atomic E-state index is 13.4. The predicted molar refractivity (Wildman–Crippen MR) is 100 cm³/mol. The van der Waals surface area contributed by atoms with E-state index < -0.39 is 21.8 Å². The number of aromatic nitrogens is 4. The van der Waals surface area contributed by atoms with Gasteiger partial charge in [0.2, 0.25) is 10.0 Å². The largest absolute Gasteiger partial charge is 0.419 e. The zero-order valence-electron chi connectivity index (χ0n) is 15.0. The summed E-state index contributed by atoms with van der Waals surface area (Å²) in [5.74, 6) is 0.0718. The Morgan fingerprint density at radius 2 is 2.04 bits per heavy atom. The van der Waals surface area contributed by atoms with Gasteiger partial charge in [-0.1, -0.05) is 6.07 Å². The molecule has 1 atom stereocenters. The number of rotatable bonds is 3. The molecule has 1 aromatic carbocycles. The molecule has 1 fully saturated rings. The first-order valence-corrected chi connectivity index (χ1v) is 10.3. The van der Waals surface area contributed by atoms with Crippen molar-refractivity contribution in [1.82, 2.24) is 23.5 Å². The molecular formula is C18H17N5O4S. The summed E-state index contributed by atoms with van der Waals surface area (Å²) in [4.78, 5) is 11.8. The highest BCUT2D eigenvalue weighted by atomic mass is 32.2. The number of pyridine rings is 1. The van der Waals surface area contributed by atoms with Gasteiger partial charge in [0.15, 0.2) is 17.1 Å². The topological polar surface area (TPSA) is 103 Å². The number of nitrogens with zero attached hydrogens (tertiary/aromatic N) is 5. The van der Waals surface area contributed by atoms with Gasteiger partial charge in [0.1, 0.15) is 0 Å². The molecule has 1 saturated heterocycles. The van der Waals surface area contributed by atoms with Gasteiger partial charge in [0.25, 0.3) is 0 Å². The van der Waals surface area contributed by atoms with Crippen LogP contribution in [0, 0.1) is 0 Å². The Labute approximate surface area is 159 Å². The number of fused-ring (bicyclic) bond motifs is 2. The second-order valence-electron chi connectivity index (χ2n) is 6.82. The summed E-state index contributed by atoms with van der Waals surface area (Å²) in [6.07, 6.45) is 3.23. The quantitative estimate of drug-likeness (QED) is 0.520. The fourth-order valence-electron chi connectivity index (χ4n) is 3.78. The monoisotopic (exact) mass is 399 g/mol. The Kier molecular flexibility index (Phi) is 3.68. The third-order valence-corrected chi connectivity index (χ3v) is 7.12. The van der Waals surface area contributed by atoms with E-state index >= 15 is 0 Å². The SMILES string of the molecule is Cn1c(=O)oc2cc(S(=O)(=O)N3CCC[C@H]3c3nnc4ccccn34)ccc21. The highest BCUT2D eigenvalue weighted by Gasteiger charge is 2.38. The highest BCUT2D eigenvalue weighted by molar-refractivity contribution is 7.89. The van der Waals surface area contributed by atoms with Crippen LogP contribution in [0.4, 0.5) is 0 Å². The second kappa shape index (κ2) is 6.01. The van der Waals surface area contributed by atoms with Crippen molar-refractivity contribution in [1.29, 1.82) is 0 Å². The van der Waals surface area contributed by atoms with Gasteiger partial charge in [0, 0.05) is 25.9 Å². The molecule has 28 heavy (non-hydrogen) atoms. The molecule has 10 heteroatoms. The normalized spacial score (nSPS) is 18.4. The molecule has 0 spiro atoms. The molecule has 4 aromatic rings. The molecule has 0 N–H and O–H groups in total. The summed E-state index contributed by atoms with van der Waals surface area (Å²) in [6.45, 7) is 0.394. The molecule has 0 amide bonds. The summed E-state index contributed by atoms with van der Waals surface area (Å²) in [5.41, 5.74) is 1.47. The van der Waals surface area contributed by atoms with Gasteiger partial charge in [-0.2, -0.15) is 4.31 Å². The van der Waals surface area contributed by atoms with E-state index in [2.05, 4.69) is 10.2 Å². The Hall–Kier alpha value is -2.98. The molecule has 1 aliphatic rings. The van der Waals surface area contributed by atoms with Crippen LogP contribution in [0.25, 0.3) is 16.7 Å². The predicted octanol–water partition coefficient (Wildman–Crippen LogP) is 1.70. The van der Waals surface area contributed by atoms with Crippen molar-refractivity contribution in [3.63, 3.8) is 0 Å². The third kappa shape index (κ3) is 2.41. The molecule has 144 valence electrons. The molecule has 0 bridgehead atoms. The number of aryl methyl sites for hydroxylation is 1. The lowest BCUT2D eigenvalue weighted by Crippen LogP contribution is -2.31. The van der Waals surface area contributed by atoms with Crippen molar-refractivity contribution in [3.8, 4) is 0 Å². The zero-order chi connectivity index (χ0) is 19.5. The van der Waals surface area contributed by atoms with E-state index in [0.717, 1.165) is 6.42 Å². The lowest BCUT2D eigenvalue weighted by atomic mass is 10.2. The van der Waals surface area contributed by atoms with E-state index in [-0.39, 0.29) is 10.5 Å². The lowest BCUT2D eigenvalue weighted by Gasteiger charge is -2.23. The fourth-order valence-corrected chi connectivity index (χ4v) is 5.45. The average molecular weight is 399 g/mol. The molecule has 9 nitrogen and oxygen atoms in total. The van der Waals surface area contributed by atoms with Crippen LogP contribution < -0.4 is 5.76 Å². The standard InChI is InChI=1S/C18H17N5O4S/c1-21-13-8-7-12(11-15(13)27-18(21)24)28(25,26)23-10-4-5-14(23)17-20-19-16-6-2-3-9-22(16)17/h2-3,6-9,11,14H,4-5,10H2,1H3/t14-/m0/s1. The highest BCUT2D eigenvalue weighted by Crippen LogP contribution is 2.36. The van der Waals surface area contributed by atoms with E-state index in [0.29, 0.717) is 30.0 Å². The zero-order valence-corrected chi connectivity index (χ0v) is 15.8. The summed E-state index contributed by atoms with van der Waals surface area (Å²) in [5, 5.41) is 8.39. The molecule has 3 aromatic heterocycles. The van der Waals surface area contributed by atoms with Gasteiger partial charge >= 0.3 is 5.76 Å². The van der Waals surface area contributed by atoms with Crippen molar-refractivity contribution < 1.29 is 12.8 Å². The molecule has 1 aliphatic heterocycles. The Morgan fingerprint density at radius 1 is 1.18 bits per heavy atom. The van der Waals surface area contributed by atoms with Gasteiger partial charge in [0.05, 0.1) is 16.5 Å². The third-order valence-electron chi connectivity index (χ3n) is 5.21. The maximum absolute atomic E-state index is 13.4. The molecular weight excluding hydrogens is 382 g/mol. The Morgan fingerprint density at radius 3 is 2.89 bits per heavy atom. The van der Waals surface area contributed by atoms with Crippen molar-refractivity contribution in [2.24, 2.45) is 7.05 Å². The van der Waals surface area contributed by atoms with Gasteiger partial charge in [-0.3, -0.25) is 8.97 Å². The number of benzene rings is 1. The molecule has 5 rings (SSSR count). The number of hydrogen-bond donors (Lipinski definition) is 0. The van der Waals surface area contributed by atoms with E-state index in [1.165, 1.54) is 21.0 Å². The van der Waals surface area contributed by atoms with E-state index in [1.54, 1.807) is 13.1 Å². The maximum Gasteiger partial charge on any atom is 0.419 e.